The summed E-state index contributed by atoms with van der Waals surface area (Å²) in [5, 5.41) is 5.76. The van der Waals surface area contributed by atoms with Crippen molar-refractivity contribution in [3.05, 3.63) is 46.4 Å². The second-order valence-electron chi connectivity index (χ2n) is 4.92. The van der Waals surface area contributed by atoms with Gasteiger partial charge < -0.3 is 19.8 Å². The van der Waals surface area contributed by atoms with Crippen LogP contribution in [0.25, 0.3) is 0 Å². The molecule has 0 atom stereocenters. The summed E-state index contributed by atoms with van der Waals surface area (Å²) in [5.41, 5.74) is 1.70. The van der Waals surface area contributed by atoms with Gasteiger partial charge >= 0.3 is 0 Å². The third-order valence-corrected chi connectivity index (χ3v) is 3.67. The van der Waals surface area contributed by atoms with Crippen LogP contribution in [0.1, 0.15) is 21.7 Å². The minimum absolute atomic E-state index is 0.172. The SMILES string of the molecule is COc1cc(Cl)c(C)cc1NC(=O)CNC(=O)c1ccoc1C. The van der Waals surface area contributed by atoms with Crippen LogP contribution in [0.5, 0.6) is 5.75 Å². The van der Waals surface area contributed by atoms with Crippen LogP contribution in [0.2, 0.25) is 5.02 Å². The minimum Gasteiger partial charge on any atom is -0.495 e. The second kappa shape index (κ2) is 7.19. The van der Waals surface area contributed by atoms with Crippen molar-refractivity contribution in [2.24, 2.45) is 0 Å². The monoisotopic (exact) mass is 336 g/mol. The summed E-state index contributed by atoms with van der Waals surface area (Å²) in [4.78, 5) is 23.9. The van der Waals surface area contributed by atoms with Gasteiger partial charge in [-0.1, -0.05) is 11.6 Å². The van der Waals surface area contributed by atoms with Gasteiger partial charge in [-0.3, -0.25) is 9.59 Å². The number of nitrogens with one attached hydrogen (secondary N) is 2. The molecular weight excluding hydrogens is 320 g/mol. The molecule has 0 bridgehead atoms. The third-order valence-electron chi connectivity index (χ3n) is 3.27. The average Bonchev–Trinajstić information content (AvgIpc) is 2.94. The Morgan fingerprint density at radius 1 is 1.30 bits per heavy atom. The molecule has 0 aliphatic rings. The lowest BCUT2D eigenvalue weighted by Crippen LogP contribution is -2.33. The number of amides is 2. The van der Waals surface area contributed by atoms with Gasteiger partial charge in [0.25, 0.3) is 5.91 Å². The first kappa shape index (κ1) is 16.9. The highest BCUT2D eigenvalue weighted by atomic mass is 35.5. The Morgan fingerprint density at radius 3 is 2.65 bits per heavy atom. The minimum atomic E-state index is -0.375. The molecule has 0 aliphatic carbocycles. The normalized spacial score (nSPS) is 10.3. The number of hydrogen-bond donors (Lipinski definition) is 2. The summed E-state index contributed by atoms with van der Waals surface area (Å²) in [6.07, 6.45) is 1.42. The summed E-state index contributed by atoms with van der Waals surface area (Å²) >= 11 is 6.02. The van der Waals surface area contributed by atoms with E-state index in [-0.39, 0.29) is 18.4 Å². The van der Waals surface area contributed by atoms with E-state index in [4.69, 9.17) is 20.8 Å². The maximum absolute atomic E-state index is 12.0. The third kappa shape index (κ3) is 4.04. The molecule has 0 unspecified atom stereocenters. The van der Waals surface area contributed by atoms with Crippen LogP contribution in [0, 0.1) is 13.8 Å². The van der Waals surface area contributed by atoms with Gasteiger partial charge in [0.05, 0.1) is 31.2 Å². The summed E-state index contributed by atoms with van der Waals surface area (Å²) in [7, 11) is 1.49. The molecule has 2 rings (SSSR count). The zero-order chi connectivity index (χ0) is 17.0. The first-order valence-electron chi connectivity index (χ1n) is 6.88. The standard InChI is InChI=1S/C16H17ClN2O4/c1-9-6-13(14(22-3)7-12(9)17)19-15(20)8-18-16(21)11-4-5-23-10(11)2/h4-7H,8H2,1-3H3,(H,18,21)(H,19,20). The van der Waals surface area contributed by atoms with Crippen LogP contribution in [-0.2, 0) is 4.79 Å². The van der Waals surface area contributed by atoms with Gasteiger partial charge in [-0.2, -0.15) is 0 Å². The van der Waals surface area contributed by atoms with E-state index in [0.29, 0.717) is 27.8 Å². The van der Waals surface area contributed by atoms with Crippen LogP contribution >= 0.6 is 11.6 Å². The molecule has 1 heterocycles. The van der Waals surface area contributed by atoms with Crippen molar-refractivity contribution in [1.29, 1.82) is 0 Å². The van der Waals surface area contributed by atoms with E-state index in [1.54, 1.807) is 25.1 Å². The lowest BCUT2D eigenvalue weighted by Gasteiger charge is -2.12. The van der Waals surface area contributed by atoms with E-state index in [1.807, 2.05) is 6.92 Å². The molecule has 0 spiro atoms. The van der Waals surface area contributed by atoms with Crippen LogP contribution in [-0.4, -0.2) is 25.5 Å². The number of carbonyl (C=O) groups is 2. The predicted octanol–water partition coefficient (Wildman–Crippen LogP) is 2.93. The number of ether oxygens (including phenoxy) is 1. The molecule has 0 radical (unpaired) electrons. The zero-order valence-corrected chi connectivity index (χ0v) is 13.8. The number of hydrogen-bond acceptors (Lipinski definition) is 4. The zero-order valence-electron chi connectivity index (χ0n) is 13.0. The fraction of sp³-hybridized carbons (Fsp3) is 0.250. The quantitative estimate of drug-likeness (QED) is 0.879. The van der Waals surface area contributed by atoms with Crippen LogP contribution < -0.4 is 15.4 Å². The van der Waals surface area contributed by atoms with Gasteiger partial charge in [0, 0.05) is 11.1 Å². The molecule has 1 aromatic carbocycles. The molecule has 7 heteroatoms. The highest BCUT2D eigenvalue weighted by Crippen LogP contribution is 2.30. The van der Waals surface area contributed by atoms with Crippen molar-refractivity contribution >= 4 is 29.1 Å². The van der Waals surface area contributed by atoms with Gasteiger partial charge in [-0.25, -0.2) is 0 Å². The Balaban J connectivity index is 1.99. The molecule has 23 heavy (non-hydrogen) atoms. The Labute approximate surface area is 138 Å². The topological polar surface area (TPSA) is 80.6 Å². The van der Waals surface area contributed by atoms with Crippen LogP contribution in [0.15, 0.2) is 28.9 Å². The summed E-state index contributed by atoms with van der Waals surface area (Å²) < 4.78 is 10.2. The number of anilines is 1. The maximum atomic E-state index is 12.0. The predicted molar refractivity (Wildman–Crippen MR) is 87.1 cm³/mol. The fourth-order valence-electron chi connectivity index (χ4n) is 2.00. The van der Waals surface area contributed by atoms with Crippen molar-refractivity contribution in [1.82, 2.24) is 5.32 Å². The Bertz CT molecular complexity index is 740. The highest BCUT2D eigenvalue weighted by Gasteiger charge is 2.14. The van der Waals surface area contributed by atoms with Crippen molar-refractivity contribution in [3.8, 4) is 5.75 Å². The molecular formula is C16H17ClN2O4. The molecule has 0 aliphatic heterocycles. The molecule has 2 aromatic rings. The maximum Gasteiger partial charge on any atom is 0.255 e. The Hall–Kier alpha value is -2.47. The number of rotatable bonds is 5. The van der Waals surface area contributed by atoms with Gasteiger partial charge in [0.15, 0.2) is 0 Å². The largest absolute Gasteiger partial charge is 0.495 e. The molecule has 6 nitrogen and oxygen atoms in total. The van der Waals surface area contributed by atoms with Gasteiger partial charge in [-0.05, 0) is 31.5 Å². The molecule has 0 saturated heterocycles. The Kier molecular flexibility index (Phi) is 5.28. The molecule has 0 fully saturated rings. The van der Waals surface area contributed by atoms with Crippen molar-refractivity contribution in [3.63, 3.8) is 0 Å². The van der Waals surface area contributed by atoms with Gasteiger partial charge in [-0.15, -0.1) is 0 Å². The number of halogens is 1. The van der Waals surface area contributed by atoms with E-state index < -0.39 is 0 Å². The summed E-state index contributed by atoms with van der Waals surface area (Å²) in [6, 6.07) is 4.88. The lowest BCUT2D eigenvalue weighted by molar-refractivity contribution is -0.115. The fourth-order valence-corrected chi connectivity index (χ4v) is 2.15. The average molecular weight is 337 g/mol. The smallest absolute Gasteiger partial charge is 0.255 e. The molecule has 122 valence electrons. The number of methoxy groups -OCH3 is 1. The number of carbonyl (C=O) groups excluding carboxylic acids is 2. The number of furan rings is 1. The highest BCUT2D eigenvalue weighted by molar-refractivity contribution is 6.31. The molecule has 1 aromatic heterocycles. The second-order valence-corrected chi connectivity index (χ2v) is 5.33. The summed E-state index contributed by atoms with van der Waals surface area (Å²) in [5.74, 6) is 0.203. The van der Waals surface area contributed by atoms with Gasteiger partial charge in [0.1, 0.15) is 11.5 Å². The molecule has 0 saturated carbocycles. The van der Waals surface area contributed by atoms with Crippen molar-refractivity contribution in [2.75, 3.05) is 19.0 Å². The first-order valence-corrected chi connectivity index (χ1v) is 7.26. The lowest BCUT2D eigenvalue weighted by atomic mass is 10.2. The first-order chi connectivity index (χ1) is 10.9. The molecule has 2 N–H and O–H groups in total. The van der Waals surface area contributed by atoms with E-state index in [9.17, 15) is 9.59 Å². The van der Waals surface area contributed by atoms with Crippen LogP contribution in [0.3, 0.4) is 0 Å². The van der Waals surface area contributed by atoms with Crippen LogP contribution in [0.4, 0.5) is 5.69 Å². The van der Waals surface area contributed by atoms with E-state index in [2.05, 4.69) is 10.6 Å². The summed E-state index contributed by atoms with van der Waals surface area (Å²) in [6.45, 7) is 3.32. The van der Waals surface area contributed by atoms with Gasteiger partial charge in [0.2, 0.25) is 5.91 Å². The van der Waals surface area contributed by atoms with Crippen molar-refractivity contribution < 1.29 is 18.7 Å². The number of benzene rings is 1. The molecule has 2 amide bonds. The van der Waals surface area contributed by atoms with E-state index in [0.717, 1.165) is 5.56 Å². The van der Waals surface area contributed by atoms with Crippen molar-refractivity contribution in [2.45, 2.75) is 13.8 Å². The van der Waals surface area contributed by atoms with E-state index in [1.165, 1.54) is 13.4 Å². The van der Waals surface area contributed by atoms with E-state index >= 15 is 0 Å². The number of aryl methyl sites for hydroxylation is 2. The Morgan fingerprint density at radius 2 is 2.04 bits per heavy atom.